The Kier molecular flexibility index (Phi) is 4.16. The number of carbonyl (C=O) groups is 1. The molecule has 0 aliphatic heterocycles. The van der Waals surface area contributed by atoms with E-state index in [2.05, 4.69) is 24.4 Å². The number of carbonyl (C=O) groups excluding carboxylic acids is 1. The van der Waals surface area contributed by atoms with E-state index in [0.29, 0.717) is 23.5 Å². The van der Waals surface area contributed by atoms with Gasteiger partial charge in [-0.25, -0.2) is 0 Å². The molecule has 4 heteroatoms. The quantitative estimate of drug-likeness (QED) is 0.640. The highest BCUT2D eigenvalue weighted by molar-refractivity contribution is 5.69. The molecule has 4 rings (SSSR count). The predicted octanol–water partition coefficient (Wildman–Crippen LogP) is 3.03. The van der Waals surface area contributed by atoms with Crippen LogP contribution in [0.1, 0.15) is 56.6 Å². The number of benzene rings is 1. The molecule has 1 aromatic carbocycles. The molecule has 0 bridgehead atoms. The maximum atomic E-state index is 11.2. The third-order valence-corrected chi connectivity index (χ3v) is 7.30. The zero-order valence-corrected chi connectivity index (χ0v) is 15.4. The number of aliphatic hydroxyl groups excluding tert-OH is 1. The molecule has 3 aliphatic carbocycles. The topological polar surface area (TPSA) is 58.6 Å². The Labute approximate surface area is 150 Å². The van der Waals surface area contributed by atoms with E-state index in [0.717, 1.165) is 19.3 Å². The summed E-state index contributed by atoms with van der Waals surface area (Å²) in [4.78, 5) is 11.2. The third-order valence-electron chi connectivity index (χ3n) is 7.30. The molecule has 2 N–H and O–H groups in total. The third kappa shape index (κ3) is 2.61. The molecule has 0 spiro atoms. The van der Waals surface area contributed by atoms with Crippen LogP contribution in [0.15, 0.2) is 18.2 Å². The number of aryl methyl sites for hydroxylation is 1. The lowest BCUT2D eigenvalue weighted by Gasteiger charge is -2.50. The molecule has 0 heterocycles. The van der Waals surface area contributed by atoms with Crippen molar-refractivity contribution >= 4 is 5.97 Å². The fraction of sp³-hybridized carbons (Fsp3) is 0.667. The zero-order chi connectivity index (χ0) is 17.8. The van der Waals surface area contributed by atoms with Crippen LogP contribution in [0.25, 0.3) is 0 Å². The molecular weight excluding hydrogens is 314 g/mol. The van der Waals surface area contributed by atoms with Crippen molar-refractivity contribution in [2.45, 2.75) is 64.0 Å². The molecule has 2 saturated carbocycles. The van der Waals surface area contributed by atoms with Crippen molar-refractivity contribution in [3.63, 3.8) is 0 Å². The minimum Gasteiger partial charge on any atom is -0.427 e. The van der Waals surface area contributed by atoms with Crippen LogP contribution in [0.2, 0.25) is 0 Å². The first-order valence-electron chi connectivity index (χ1n) is 9.60. The molecule has 0 radical (unpaired) electrons. The number of nitrogens with one attached hydrogen (secondary N) is 1. The van der Waals surface area contributed by atoms with Gasteiger partial charge in [0.25, 0.3) is 0 Å². The highest BCUT2D eigenvalue weighted by atomic mass is 16.5. The summed E-state index contributed by atoms with van der Waals surface area (Å²) in [6, 6.07) is 6.39. The van der Waals surface area contributed by atoms with E-state index in [1.807, 2.05) is 13.1 Å². The lowest BCUT2D eigenvalue weighted by atomic mass is 9.55. The van der Waals surface area contributed by atoms with Crippen LogP contribution >= 0.6 is 0 Å². The monoisotopic (exact) mass is 343 g/mol. The lowest BCUT2D eigenvalue weighted by Crippen LogP contribution is -2.49. The molecule has 0 saturated heterocycles. The minimum absolute atomic E-state index is 0.199. The summed E-state index contributed by atoms with van der Waals surface area (Å²) in [6.07, 6.45) is 5.24. The first kappa shape index (κ1) is 17.0. The Morgan fingerprint density at radius 1 is 1.36 bits per heavy atom. The number of fused-ring (bicyclic) bond motifs is 5. The molecular formula is C21H29NO3. The van der Waals surface area contributed by atoms with Gasteiger partial charge in [0.1, 0.15) is 5.75 Å². The molecule has 1 aromatic rings. The fourth-order valence-electron chi connectivity index (χ4n) is 6.32. The second-order valence-corrected chi connectivity index (χ2v) is 8.48. The van der Waals surface area contributed by atoms with Crippen molar-refractivity contribution in [1.29, 1.82) is 0 Å². The Morgan fingerprint density at radius 3 is 2.88 bits per heavy atom. The van der Waals surface area contributed by atoms with Gasteiger partial charge in [0.2, 0.25) is 0 Å². The van der Waals surface area contributed by atoms with Crippen molar-refractivity contribution < 1.29 is 14.6 Å². The van der Waals surface area contributed by atoms with Crippen LogP contribution in [-0.4, -0.2) is 30.3 Å². The second-order valence-electron chi connectivity index (χ2n) is 8.48. The van der Waals surface area contributed by atoms with Crippen LogP contribution in [-0.2, 0) is 11.2 Å². The Hall–Kier alpha value is -1.39. The molecule has 3 aliphatic rings. The van der Waals surface area contributed by atoms with Gasteiger partial charge in [0, 0.05) is 13.0 Å². The standard InChI is InChI=1S/C21H29NO3/c1-12(23)25-14-5-7-15-13(10-14)4-6-17-16(15)8-9-21(2)18(17)11-19(24)20(21)22-3/h5,7,10,16-20,22,24H,4,6,8-9,11H2,1-3H3/t16-,17-,18+,19-,20+,21+/m1/s1. The van der Waals surface area contributed by atoms with E-state index in [9.17, 15) is 9.90 Å². The van der Waals surface area contributed by atoms with Crippen molar-refractivity contribution in [1.82, 2.24) is 5.32 Å². The summed E-state index contributed by atoms with van der Waals surface area (Å²) in [5.41, 5.74) is 2.98. The normalized spacial score (nSPS) is 39.3. The number of rotatable bonds is 2. The van der Waals surface area contributed by atoms with Gasteiger partial charge in [-0.15, -0.1) is 0 Å². The maximum Gasteiger partial charge on any atom is 0.308 e. The van der Waals surface area contributed by atoms with E-state index >= 15 is 0 Å². The average molecular weight is 343 g/mol. The number of esters is 1. The zero-order valence-electron chi connectivity index (χ0n) is 15.4. The molecule has 4 nitrogen and oxygen atoms in total. The Balaban J connectivity index is 1.63. The van der Waals surface area contributed by atoms with E-state index in [1.165, 1.54) is 30.9 Å². The first-order valence-corrected chi connectivity index (χ1v) is 9.60. The van der Waals surface area contributed by atoms with Crippen molar-refractivity contribution in [3.05, 3.63) is 29.3 Å². The average Bonchev–Trinajstić information content (AvgIpc) is 2.83. The molecule has 0 amide bonds. The second kappa shape index (κ2) is 6.10. The van der Waals surface area contributed by atoms with Gasteiger partial charge < -0.3 is 15.2 Å². The number of aliphatic hydroxyl groups is 1. The highest BCUT2D eigenvalue weighted by Gasteiger charge is 2.57. The van der Waals surface area contributed by atoms with Crippen LogP contribution in [0, 0.1) is 17.3 Å². The number of hydrogen-bond donors (Lipinski definition) is 2. The summed E-state index contributed by atoms with van der Waals surface area (Å²) in [5.74, 6) is 2.21. The van der Waals surface area contributed by atoms with E-state index in [4.69, 9.17) is 4.74 Å². The van der Waals surface area contributed by atoms with Crippen LogP contribution in [0.3, 0.4) is 0 Å². The summed E-state index contributed by atoms with van der Waals surface area (Å²) in [6.45, 7) is 3.83. The van der Waals surface area contributed by atoms with Gasteiger partial charge in [-0.05, 0) is 85.6 Å². The van der Waals surface area contributed by atoms with Crippen LogP contribution in [0.5, 0.6) is 5.75 Å². The largest absolute Gasteiger partial charge is 0.427 e. The highest BCUT2D eigenvalue weighted by Crippen LogP contribution is 2.60. The molecule has 0 aromatic heterocycles. The fourth-order valence-corrected chi connectivity index (χ4v) is 6.32. The molecule has 2 fully saturated rings. The van der Waals surface area contributed by atoms with E-state index in [1.54, 1.807) is 0 Å². The molecule has 25 heavy (non-hydrogen) atoms. The summed E-state index contributed by atoms with van der Waals surface area (Å²) >= 11 is 0. The first-order chi connectivity index (χ1) is 11.9. The Morgan fingerprint density at radius 2 is 2.16 bits per heavy atom. The van der Waals surface area contributed by atoms with E-state index < -0.39 is 0 Å². The molecule has 136 valence electrons. The minimum atomic E-state index is -0.264. The van der Waals surface area contributed by atoms with Gasteiger partial charge in [0.05, 0.1) is 6.10 Å². The van der Waals surface area contributed by atoms with Gasteiger partial charge in [-0.1, -0.05) is 13.0 Å². The summed E-state index contributed by atoms with van der Waals surface area (Å²) < 4.78 is 5.26. The lowest BCUT2D eigenvalue weighted by molar-refractivity contribution is -0.131. The van der Waals surface area contributed by atoms with E-state index in [-0.39, 0.29) is 23.5 Å². The van der Waals surface area contributed by atoms with Gasteiger partial charge in [-0.3, -0.25) is 4.79 Å². The SMILES string of the molecule is CN[C@H]1[C@H](O)C[C@H]2[C@@H]3CCc4cc(OC(C)=O)ccc4[C@H]3CC[C@@]21C. The molecule has 6 atom stereocenters. The predicted molar refractivity (Wildman–Crippen MR) is 96.6 cm³/mol. The van der Waals surface area contributed by atoms with Crippen LogP contribution < -0.4 is 10.1 Å². The van der Waals surface area contributed by atoms with Crippen molar-refractivity contribution in [3.8, 4) is 5.75 Å². The van der Waals surface area contributed by atoms with Gasteiger partial charge in [-0.2, -0.15) is 0 Å². The summed E-state index contributed by atoms with van der Waals surface area (Å²) in [7, 11) is 1.99. The smallest absolute Gasteiger partial charge is 0.308 e. The van der Waals surface area contributed by atoms with Crippen molar-refractivity contribution in [2.75, 3.05) is 7.05 Å². The van der Waals surface area contributed by atoms with Gasteiger partial charge >= 0.3 is 5.97 Å². The molecule has 0 unspecified atom stereocenters. The van der Waals surface area contributed by atoms with Crippen LogP contribution in [0.4, 0.5) is 0 Å². The number of hydrogen-bond acceptors (Lipinski definition) is 4. The summed E-state index contributed by atoms with van der Waals surface area (Å²) in [5, 5.41) is 14.0. The van der Waals surface area contributed by atoms with Crippen molar-refractivity contribution in [2.24, 2.45) is 17.3 Å². The number of likely N-dealkylation sites (N-methyl/N-ethyl adjacent to an activating group) is 1. The maximum absolute atomic E-state index is 11.2. The number of ether oxygens (including phenoxy) is 1. The van der Waals surface area contributed by atoms with Gasteiger partial charge in [0.15, 0.2) is 0 Å². The Bertz CT molecular complexity index is 688.